The van der Waals surface area contributed by atoms with Crippen LogP contribution in [0.4, 0.5) is 11.4 Å². The van der Waals surface area contributed by atoms with Crippen molar-refractivity contribution in [1.82, 2.24) is 5.32 Å². The van der Waals surface area contributed by atoms with Gasteiger partial charge in [0, 0.05) is 44.5 Å². The van der Waals surface area contributed by atoms with E-state index in [9.17, 15) is 9.59 Å². The minimum Gasteiger partial charge on any atom is -0.368 e. The quantitative estimate of drug-likeness (QED) is 0.792. The molecule has 2 aromatic carbocycles. The molecule has 2 N–H and O–H groups in total. The summed E-state index contributed by atoms with van der Waals surface area (Å²) >= 11 is 0. The summed E-state index contributed by atoms with van der Waals surface area (Å²) < 4.78 is 5.44. The second kappa shape index (κ2) is 8.76. The van der Waals surface area contributed by atoms with E-state index in [1.165, 1.54) is 11.1 Å². The second-order valence-corrected chi connectivity index (χ2v) is 7.71. The zero-order valence-corrected chi connectivity index (χ0v) is 16.7. The van der Waals surface area contributed by atoms with Crippen LogP contribution >= 0.6 is 0 Å². The maximum Gasteiger partial charge on any atom is 0.253 e. The molecule has 2 aliphatic rings. The predicted molar refractivity (Wildman–Crippen MR) is 113 cm³/mol. The van der Waals surface area contributed by atoms with Crippen molar-refractivity contribution in [2.45, 2.75) is 44.9 Å². The van der Waals surface area contributed by atoms with Crippen molar-refractivity contribution in [2.24, 2.45) is 0 Å². The first-order chi connectivity index (χ1) is 14.1. The van der Waals surface area contributed by atoms with Crippen molar-refractivity contribution in [1.29, 1.82) is 0 Å². The van der Waals surface area contributed by atoms with Gasteiger partial charge < -0.3 is 20.3 Å². The summed E-state index contributed by atoms with van der Waals surface area (Å²) in [4.78, 5) is 25.8. The molecular weight excluding hydrogens is 366 g/mol. The molecule has 0 bridgehead atoms. The fraction of sp³-hybridized carbons (Fsp3) is 0.391. The Morgan fingerprint density at radius 2 is 1.97 bits per heavy atom. The number of nitrogens with one attached hydrogen (secondary N) is 2. The molecule has 0 aromatic heterocycles. The Morgan fingerprint density at radius 3 is 2.76 bits per heavy atom. The van der Waals surface area contributed by atoms with Crippen molar-refractivity contribution in [3.05, 3.63) is 59.2 Å². The lowest BCUT2D eigenvalue weighted by molar-refractivity contribution is -0.124. The van der Waals surface area contributed by atoms with E-state index in [4.69, 9.17) is 4.74 Å². The molecule has 29 heavy (non-hydrogen) atoms. The molecule has 0 spiro atoms. The Hall–Kier alpha value is -2.70. The van der Waals surface area contributed by atoms with Gasteiger partial charge in [0.15, 0.2) is 0 Å². The fourth-order valence-electron chi connectivity index (χ4n) is 3.94. The number of fused-ring (bicyclic) bond motifs is 1. The first-order valence-electron chi connectivity index (χ1n) is 10.2. The number of ether oxygens (including phenoxy) is 1. The van der Waals surface area contributed by atoms with Gasteiger partial charge in [-0.2, -0.15) is 0 Å². The molecule has 1 atom stereocenters. The second-order valence-electron chi connectivity index (χ2n) is 7.71. The summed E-state index contributed by atoms with van der Waals surface area (Å²) in [5, 5.41) is 6.41. The number of amides is 2. The summed E-state index contributed by atoms with van der Waals surface area (Å²) in [6.07, 6.45) is 2.79. The van der Waals surface area contributed by atoms with E-state index in [-0.39, 0.29) is 17.9 Å². The van der Waals surface area contributed by atoms with E-state index >= 15 is 0 Å². The Labute approximate surface area is 171 Å². The van der Waals surface area contributed by atoms with Gasteiger partial charge in [-0.25, -0.2) is 0 Å². The van der Waals surface area contributed by atoms with Crippen molar-refractivity contribution >= 4 is 23.2 Å². The van der Waals surface area contributed by atoms with Gasteiger partial charge in [-0.05, 0) is 54.2 Å². The van der Waals surface area contributed by atoms with Gasteiger partial charge in [0.1, 0.15) is 6.10 Å². The average molecular weight is 393 g/mol. The van der Waals surface area contributed by atoms with Gasteiger partial charge in [-0.15, -0.1) is 0 Å². The molecule has 6 nitrogen and oxygen atoms in total. The molecule has 4 rings (SSSR count). The number of carbonyl (C=O) groups is 2. The van der Waals surface area contributed by atoms with Gasteiger partial charge in [-0.1, -0.05) is 24.3 Å². The number of nitrogens with zero attached hydrogens (tertiary/aromatic N) is 1. The molecule has 1 saturated heterocycles. The highest BCUT2D eigenvalue weighted by Gasteiger charge is 2.23. The van der Waals surface area contributed by atoms with E-state index in [2.05, 4.69) is 22.8 Å². The number of rotatable bonds is 6. The third-order valence-electron chi connectivity index (χ3n) is 5.56. The molecule has 1 unspecified atom stereocenters. The van der Waals surface area contributed by atoms with Crippen LogP contribution in [0.5, 0.6) is 0 Å². The van der Waals surface area contributed by atoms with Gasteiger partial charge in [-0.3, -0.25) is 9.59 Å². The number of anilines is 2. The summed E-state index contributed by atoms with van der Waals surface area (Å²) in [5.74, 6) is 0.111. The van der Waals surface area contributed by atoms with Crippen molar-refractivity contribution < 1.29 is 14.3 Å². The predicted octanol–water partition coefficient (Wildman–Crippen LogP) is 3.00. The average Bonchev–Trinajstić information content (AvgIpc) is 3.26. The molecule has 1 fully saturated rings. The molecule has 152 valence electrons. The molecule has 2 amide bonds. The van der Waals surface area contributed by atoms with E-state index in [0.29, 0.717) is 19.6 Å². The van der Waals surface area contributed by atoms with E-state index in [0.717, 1.165) is 42.7 Å². The smallest absolute Gasteiger partial charge is 0.253 e. The molecule has 2 aromatic rings. The van der Waals surface area contributed by atoms with Crippen LogP contribution in [0.3, 0.4) is 0 Å². The molecule has 6 heteroatoms. The SMILES string of the molecule is CN1C(=O)CCc2cc(CNCc3cccc(NC(=O)C4CCCO4)c3)ccc21. The van der Waals surface area contributed by atoms with Crippen molar-refractivity contribution in [3.8, 4) is 0 Å². The van der Waals surface area contributed by atoms with Gasteiger partial charge >= 0.3 is 0 Å². The van der Waals surface area contributed by atoms with Crippen LogP contribution in [0, 0.1) is 0 Å². The number of benzene rings is 2. The lowest BCUT2D eigenvalue weighted by Crippen LogP contribution is -2.31. The maximum atomic E-state index is 12.2. The van der Waals surface area contributed by atoms with Gasteiger partial charge in [0.05, 0.1) is 0 Å². The van der Waals surface area contributed by atoms with Crippen LogP contribution in [0.2, 0.25) is 0 Å². The van der Waals surface area contributed by atoms with Crippen molar-refractivity contribution in [3.63, 3.8) is 0 Å². The monoisotopic (exact) mass is 393 g/mol. The molecule has 2 heterocycles. The Bertz CT molecular complexity index is 906. The fourth-order valence-corrected chi connectivity index (χ4v) is 3.94. The standard InChI is InChI=1S/C23H27N3O3/c1-26-20-9-7-17(12-18(20)8-10-22(26)27)15-24-14-16-4-2-5-19(13-16)25-23(28)21-6-3-11-29-21/h2,4-5,7,9,12-13,21,24H,3,6,8,10-11,14-15H2,1H3,(H,25,28). The lowest BCUT2D eigenvalue weighted by Gasteiger charge is -2.26. The molecule has 2 aliphatic heterocycles. The number of hydrogen-bond acceptors (Lipinski definition) is 4. The van der Waals surface area contributed by atoms with Crippen LogP contribution in [0.15, 0.2) is 42.5 Å². The summed E-state index contributed by atoms with van der Waals surface area (Å²) in [5.41, 5.74) is 5.35. The first kappa shape index (κ1) is 19.6. The summed E-state index contributed by atoms with van der Waals surface area (Å²) in [7, 11) is 1.84. The van der Waals surface area contributed by atoms with E-state index in [1.807, 2.05) is 37.4 Å². The zero-order chi connectivity index (χ0) is 20.2. The van der Waals surface area contributed by atoms with E-state index in [1.54, 1.807) is 4.90 Å². The largest absolute Gasteiger partial charge is 0.368 e. The third kappa shape index (κ3) is 4.66. The number of hydrogen-bond donors (Lipinski definition) is 2. The first-order valence-corrected chi connectivity index (χ1v) is 10.2. The highest BCUT2D eigenvalue weighted by Crippen LogP contribution is 2.27. The van der Waals surface area contributed by atoms with Crippen LogP contribution in [-0.4, -0.2) is 31.6 Å². The van der Waals surface area contributed by atoms with Gasteiger partial charge in [0.2, 0.25) is 5.91 Å². The zero-order valence-electron chi connectivity index (χ0n) is 16.7. The summed E-state index contributed by atoms with van der Waals surface area (Å²) in [6, 6.07) is 14.2. The van der Waals surface area contributed by atoms with E-state index < -0.39 is 0 Å². The Kier molecular flexibility index (Phi) is 5.92. The van der Waals surface area contributed by atoms with Crippen LogP contribution in [-0.2, 0) is 33.8 Å². The normalized spacial score (nSPS) is 18.6. The minimum absolute atomic E-state index is 0.0647. The summed E-state index contributed by atoms with van der Waals surface area (Å²) in [6.45, 7) is 2.12. The lowest BCUT2D eigenvalue weighted by atomic mass is 9.99. The van der Waals surface area contributed by atoms with Crippen LogP contribution in [0.1, 0.15) is 36.0 Å². The highest BCUT2D eigenvalue weighted by molar-refractivity contribution is 5.96. The number of aryl methyl sites for hydroxylation is 1. The topological polar surface area (TPSA) is 70.7 Å². The molecule has 0 radical (unpaired) electrons. The van der Waals surface area contributed by atoms with Gasteiger partial charge in [0.25, 0.3) is 5.91 Å². The van der Waals surface area contributed by atoms with Crippen LogP contribution < -0.4 is 15.5 Å². The molecular formula is C23H27N3O3. The maximum absolute atomic E-state index is 12.2. The Morgan fingerprint density at radius 1 is 1.14 bits per heavy atom. The number of carbonyl (C=O) groups excluding carboxylic acids is 2. The highest BCUT2D eigenvalue weighted by atomic mass is 16.5. The molecule has 0 aliphatic carbocycles. The molecule has 0 saturated carbocycles. The Balaban J connectivity index is 1.32. The third-order valence-corrected chi connectivity index (χ3v) is 5.56. The van der Waals surface area contributed by atoms with Crippen LogP contribution in [0.25, 0.3) is 0 Å². The van der Waals surface area contributed by atoms with Crippen molar-refractivity contribution in [2.75, 3.05) is 23.9 Å². The minimum atomic E-state index is -0.324.